The first kappa shape index (κ1) is 16.7. The number of aromatic nitrogens is 3. The summed E-state index contributed by atoms with van der Waals surface area (Å²) in [5.41, 5.74) is 4.06. The Morgan fingerprint density at radius 2 is 2.21 bits per heavy atom. The van der Waals surface area contributed by atoms with Crippen LogP contribution in [0.25, 0.3) is 10.4 Å². The maximum Gasteiger partial charge on any atom is 0.251 e. The summed E-state index contributed by atoms with van der Waals surface area (Å²) in [5.74, 6) is 0. The fourth-order valence-electron chi connectivity index (χ4n) is 2.66. The number of hydrogen-bond donors (Lipinski definition) is 3. The summed E-state index contributed by atoms with van der Waals surface area (Å²) in [5, 5.41) is 3.46. The minimum Gasteiger partial charge on any atom is -0.348 e. The third-order valence-corrected chi connectivity index (χ3v) is 5.17. The van der Waals surface area contributed by atoms with E-state index in [2.05, 4.69) is 32.4 Å². The minimum atomic E-state index is 0.0241. The maximum atomic E-state index is 11.9. The third-order valence-electron chi connectivity index (χ3n) is 4.05. The predicted molar refractivity (Wildman–Crippen MR) is 98.5 cm³/mol. The number of pyridine rings is 1. The predicted octanol–water partition coefficient (Wildman–Crippen LogP) is 3.03. The second-order valence-corrected chi connectivity index (χ2v) is 6.95. The van der Waals surface area contributed by atoms with Crippen LogP contribution in [0.2, 0.25) is 0 Å². The molecule has 126 valence electrons. The molecule has 3 N–H and O–H groups in total. The highest BCUT2D eigenvalue weighted by Gasteiger charge is 2.09. The molecule has 6 heteroatoms. The molecule has 3 aromatic heterocycles. The summed E-state index contributed by atoms with van der Waals surface area (Å²) >= 11 is 1.77. The maximum absolute atomic E-state index is 11.9. The number of rotatable bonds is 7. The zero-order valence-corrected chi connectivity index (χ0v) is 14.8. The topological polar surface area (TPSA) is 73.6 Å². The molecule has 5 nitrogen and oxygen atoms in total. The normalized spacial score (nSPS) is 11.1. The fourth-order valence-corrected chi connectivity index (χ4v) is 3.71. The Morgan fingerprint density at radius 1 is 1.33 bits per heavy atom. The van der Waals surface area contributed by atoms with Crippen LogP contribution in [-0.2, 0) is 19.4 Å². The van der Waals surface area contributed by atoms with Gasteiger partial charge in [-0.25, -0.2) is 4.98 Å². The lowest BCUT2D eigenvalue weighted by molar-refractivity contribution is 0.687. The molecular weight excluding hydrogens is 320 g/mol. The summed E-state index contributed by atoms with van der Waals surface area (Å²) in [6, 6.07) is 6.31. The molecule has 0 bridgehead atoms. The van der Waals surface area contributed by atoms with Crippen LogP contribution in [0.5, 0.6) is 0 Å². The Morgan fingerprint density at radius 3 is 2.96 bits per heavy atom. The molecule has 3 rings (SSSR count). The zero-order valence-electron chi connectivity index (χ0n) is 14.0. The fraction of sp³-hybridized carbons (Fsp3) is 0.333. The van der Waals surface area contributed by atoms with Crippen molar-refractivity contribution in [3.05, 3.63) is 62.9 Å². The van der Waals surface area contributed by atoms with Crippen molar-refractivity contribution in [2.75, 3.05) is 6.54 Å². The van der Waals surface area contributed by atoms with Gasteiger partial charge in [-0.15, -0.1) is 11.3 Å². The first-order valence-corrected chi connectivity index (χ1v) is 8.99. The van der Waals surface area contributed by atoms with Crippen LogP contribution in [0.1, 0.15) is 28.8 Å². The second kappa shape index (κ2) is 7.59. The molecule has 0 aromatic carbocycles. The lowest BCUT2D eigenvalue weighted by Gasteiger charge is -2.06. The average Bonchev–Trinajstić information content (AvgIpc) is 3.23. The van der Waals surface area contributed by atoms with E-state index >= 15 is 0 Å². The van der Waals surface area contributed by atoms with Crippen molar-refractivity contribution in [2.45, 2.75) is 33.2 Å². The largest absolute Gasteiger partial charge is 0.348 e. The van der Waals surface area contributed by atoms with E-state index in [-0.39, 0.29) is 5.56 Å². The van der Waals surface area contributed by atoms with E-state index in [9.17, 15) is 4.79 Å². The average molecular weight is 342 g/mol. The van der Waals surface area contributed by atoms with Crippen molar-refractivity contribution in [3.63, 3.8) is 0 Å². The van der Waals surface area contributed by atoms with Gasteiger partial charge in [-0.2, -0.15) is 0 Å². The number of aryl methyl sites for hydroxylation is 2. The van der Waals surface area contributed by atoms with Gasteiger partial charge < -0.3 is 15.3 Å². The molecule has 0 radical (unpaired) electrons. The van der Waals surface area contributed by atoms with E-state index < -0.39 is 0 Å². The molecule has 0 atom stereocenters. The van der Waals surface area contributed by atoms with E-state index in [1.165, 1.54) is 9.75 Å². The molecule has 0 saturated heterocycles. The van der Waals surface area contributed by atoms with Gasteiger partial charge in [0, 0.05) is 58.0 Å². The Bertz CT molecular complexity index is 848. The van der Waals surface area contributed by atoms with Gasteiger partial charge in [0.15, 0.2) is 0 Å². The summed E-state index contributed by atoms with van der Waals surface area (Å²) in [6.45, 7) is 5.72. The van der Waals surface area contributed by atoms with E-state index in [0.29, 0.717) is 0 Å². The number of thiophene rings is 1. The molecule has 3 aromatic rings. The first-order valence-electron chi connectivity index (χ1n) is 8.17. The molecule has 0 aliphatic rings. The number of imidazole rings is 1. The number of hydrogen-bond acceptors (Lipinski definition) is 4. The molecule has 3 heterocycles. The van der Waals surface area contributed by atoms with Crippen LogP contribution < -0.4 is 10.9 Å². The van der Waals surface area contributed by atoms with Crippen LogP contribution in [-0.4, -0.2) is 21.5 Å². The molecule has 0 aliphatic carbocycles. The van der Waals surface area contributed by atoms with Gasteiger partial charge in [0.25, 0.3) is 5.56 Å². The van der Waals surface area contributed by atoms with E-state index in [0.717, 1.165) is 48.4 Å². The first-order chi connectivity index (χ1) is 11.7. The Balaban J connectivity index is 1.64. The van der Waals surface area contributed by atoms with E-state index in [1.807, 2.05) is 26.1 Å². The number of H-pyrrole nitrogens is 2. The summed E-state index contributed by atoms with van der Waals surface area (Å²) in [4.78, 5) is 24.4. The SMILES string of the molecule is CCc1cc(-c2ccc(CNCCc3cnc[nH]3)s2)c(C)[nH]c1=O. The lowest BCUT2D eigenvalue weighted by Crippen LogP contribution is -2.16. The van der Waals surface area contributed by atoms with E-state index in [4.69, 9.17) is 0 Å². The van der Waals surface area contributed by atoms with Crippen molar-refractivity contribution < 1.29 is 0 Å². The van der Waals surface area contributed by atoms with Gasteiger partial charge in [0.2, 0.25) is 0 Å². The summed E-state index contributed by atoms with van der Waals surface area (Å²) in [7, 11) is 0. The minimum absolute atomic E-state index is 0.0241. The molecule has 0 amide bonds. The number of aromatic amines is 2. The Kier molecular flexibility index (Phi) is 5.27. The molecule has 24 heavy (non-hydrogen) atoms. The highest BCUT2D eigenvalue weighted by molar-refractivity contribution is 7.15. The summed E-state index contributed by atoms with van der Waals surface area (Å²) in [6.07, 6.45) is 5.25. The van der Waals surface area contributed by atoms with Gasteiger partial charge in [0.05, 0.1) is 6.33 Å². The Labute approximate surface area is 145 Å². The standard InChI is InChI=1S/C18H22N4OS/c1-3-13-8-16(12(2)22-18(13)23)17-5-4-15(24-17)10-19-7-6-14-9-20-11-21-14/h4-5,8-9,11,19H,3,6-7,10H2,1-2H3,(H,20,21)(H,22,23). The molecule has 0 saturated carbocycles. The monoisotopic (exact) mass is 342 g/mol. The molecule has 0 spiro atoms. The lowest BCUT2D eigenvalue weighted by atomic mass is 10.1. The van der Waals surface area contributed by atoms with Crippen molar-refractivity contribution in [1.82, 2.24) is 20.3 Å². The van der Waals surface area contributed by atoms with Crippen LogP contribution >= 0.6 is 11.3 Å². The van der Waals surface area contributed by atoms with E-state index in [1.54, 1.807) is 17.7 Å². The van der Waals surface area contributed by atoms with Crippen molar-refractivity contribution in [1.29, 1.82) is 0 Å². The number of nitrogens with zero attached hydrogens (tertiary/aromatic N) is 1. The quantitative estimate of drug-likeness (QED) is 0.578. The van der Waals surface area contributed by atoms with Gasteiger partial charge in [-0.1, -0.05) is 6.92 Å². The van der Waals surface area contributed by atoms with Gasteiger partial charge in [-0.3, -0.25) is 4.79 Å². The zero-order chi connectivity index (χ0) is 16.9. The smallest absolute Gasteiger partial charge is 0.251 e. The van der Waals surface area contributed by atoms with Crippen LogP contribution in [0.3, 0.4) is 0 Å². The highest BCUT2D eigenvalue weighted by atomic mass is 32.1. The Hall–Kier alpha value is -2.18. The molecule has 0 unspecified atom stereocenters. The van der Waals surface area contributed by atoms with Gasteiger partial charge in [0.1, 0.15) is 0 Å². The summed E-state index contributed by atoms with van der Waals surface area (Å²) < 4.78 is 0. The number of nitrogens with one attached hydrogen (secondary N) is 3. The second-order valence-electron chi connectivity index (χ2n) is 5.79. The molecule has 0 aliphatic heterocycles. The highest BCUT2D eigenvalue weighted by Crippen LogP contribution is 2.29. The molecular formula is C18H22N4OS. The van der Waals surface area contributed by atoms with Crippen LogP contribution in [0.4, 0.5) is 0 Å². The molecule has 0 fully saturated rings. The van der Waals surface area contributed by atoms with Gasteiger partial charge >= 0.3 is 0 Å². The van der Waals surface area contributed by atoms with Gasteiger partial charge in [-0.05, 0) is 31.5 Å². The van der Waals surface area contributed by atoms with Crippen LogP contribution in [0, 0.1) is 6.92 Å². The third kappa shape index (κ3) is 3.83. The van der Waals surface area contributed by atoms with Crippen molar-refractivity contribution in [2.24, 2.45) is 0 Å². The van der Waals surface area contributed by atoms with Crippen molar-refractivity contribution >= 4 is 11.3 Å². The van der Waals surface area contributed by atoms with Crippen molar-refractivity contribution in [3.8, 4) is 10.4 Å². The van der Waals surface area contributed by atoms with Crippen LogP contribution in [0.15, 0.2) is 35.5 Å².